The fourth-order valence-corrected chi connectivity index (χ4v) is 3.19. The van der Waals surface area contributed by atoms with Gasteiger partial charge >= 0.3 is 0 Å². The second-order valence-electron chi connectivity index (χ2n) is 5.32. The van der Waals surface area contributed by atoms with Crippen molar-refractivity contribution in [3.05, 3.63) is 57.5 Å². The molecule has 1 saturated heterocycles. The Bertz CT molecular complexity index is 699. The van der Waals surface area contributed by atoms with Gasteiger partial charge in [-0.25, -0.2) is 0 Å². The summed E-state index contributed by atoms with van der Waals surface area (Å²) < 4.78 is 0.827. The Balaban J connectivity index is 1.79. The molecule has 0 spiro atoms. The van der Waals surface area contributed by atoms with Gasteiger partial charge in [0, 0.05) is 28.9 Å². The molecule has 3 rings (SSSR count). The van der Waals surface area contributed by atoms with Crippen LogP contribution >= 0.6 is 27.5 Å². The summed E-state index contributed by atoms with van der Waals surface area (Å²) in [6.07, 6.45) is 2.45. The van der Waals surface area contributed by atoms with Crippen LogP contribution in [0.15, 0.2) is 46.9 Å². The zero-order valence-electron chi connectivity index (χ0n) is 12.0. The standard InChI is InChI=1S/C17H16BrClN2O/c18-12-6-7-16(19)15(10-12)17(22)20-13-4-3-5-14(11-13)21-8-1-2-9-21/h3-7,10-11H,1-2,8-9H2,(H,20,22). The fourth-order valence-electron chi connectivity index (χ4n) is 2.63. The number of carbonyl (C=O) groups is 1. The monoisotopic (exact) mass is 378 g/mol. The summed E-state index contributed by atoms with van der Waals surface area (Å²) in [5, 5.41) is 3.36. The molecule has 0 aliphatic carbocycles. The van der Waals surface area contributed by atoms with Crippen molar-refractivity contribution in [2.75, 3.05) is 23.3 Å². The third-order valence-electron chi connectivity index (χ3n) is 3.75. The molecule has 0 saturated carbocycles. The third kappa shape index (κ3) is 3.45. The van der Waals surface area contributed by atoms with Gasteiger partial charge in [-0.15, -0.1) is 0 Å². The molecule has 114 valence electrons. The van der Waals surface area contributed by atoms with E-state index in [1.54, 1.807) is 12.1 Å². The molecule has 3 nitrogen and oxygen atoms in total. The van der Waals surface area contributed by atoms with Crippen LogP contribution in [0.5, 0.6) is 0 Å². The molecule has 22 heavy (non-hydrogen) atoms. The second kappa shape index (κ2) is 6.71. The number of rotatable bonds is 3. The Hall–Kier alpha value is -1.52. The molecule has 5 heteroatoms. The summed E-state index contributed by atoms with van der Waals surface area (Å²) in [4.78, 5) is 14.7. The molecule has 1 heterocycles. The summed E-state index contributed by atoms with van der Waals surface area (Å²) in [5.74, 6) is -0.204. The van der Waals surface area contributed by atoms with Crippen molar-refractivity contribution in [2.45, 2.75) is 12.8 Å². The zero-order valence-corrected chi connectivity index (χ0v) is 14.3. The number of anilines is 2. The minimum atomic E-state index is -0.204. The van der Waals surface area contributed by atoms with E-state index in [0.29, 0.717) is 10.6 Å². The van der Waals surface area contributed by atoms with Crippen LogP contribution in [0.1, 0.15) is 23.2 Å². The Labute approximate surface area is 143 Å². The SMILES string of the molecule is O=C(Nc1cccc(N2CCCC2)c1)c1cc(Br)ccc1Cl. The van der Waals surface area contributed by atoms with E-state index in [-0.39, 0.29) is 5.91 Å². The molecule has 1 aliphatic rings. The highest BCUT2D eigenvalue weighted by molar-refractivity contribution is 9.10. The molecule has 1 fully saturated rings. The zero-order chi connectivity index (χ0) is 15.5. The minimum absolute atomic E-state index is 0.204. The summed E-state index contributed by atoms with van der Waals surface area (Å²) in [6.45, 7) is 2.16. The quantitative estimate of drug-likeness (QED) is 0.818. The van der Waals surface area contributed by atoms with Gasteiger partial charge < -0.3 is 10.2 Å². The first-order valence-electron chi connectivity index (χ1n) is 7.25. The van der Waals surface area contributed by atoms with Crippen molar-refractivity contribution in [3.63, 3.8) is 0 Å². The molecule has 2 aromatic rings. The third-order valence-corrected chi connectivity index (χ3v) is 4.57. The van der Waals surface area contributed by atoms with Gasteiger partial charge in [-0.1, -0.05) is 33.6 Å². The smallest absolute Gasteiger partial charge is 0.257 e. The molecule has 0 aromatic heterocycles. The highest BCUT2D eigenvalue weighted by Crippen LogP contribution is 2.25. The van der Waals surface area contributed by atoms with Crippen molar-refractivity contribution < 1.29 is 4.79 Å². The molecule has 0 radical (unpaired) electrons. The van der Waals surface area contributed by atoms with E-state index < -0.39 is 0 Å². The first kappa shape index (κ1) is 15.4. The molecule has 1 N–H and O–H groups in total. The average molecular weight is 380 g/mol. The number of hydrogen-bond acceptors (Lipinski definition) is 2. The van der Waals surface area contributed by atoms with E-state index >= 15 is 0 Å². The molecule has 1 aliphatic heterocycles. The Morgan fingerprint density at radius 1 is 1.14 bits per heavy atom. The average Bonchev–Trinajstić information content (AvgIpc) is 3.04. The van der Waals surface area contributed by atoms with Gasteiger partial charge in [0.15, 0.2) is 0 Å². The van der Waals surface area contributed by atoms with Crippen LogP contribution in [-0.2, 0) is 0 Å². The summed E-state index contributed by atoms with van der Waals surface area (Å²) in [7, 11) is 0. The number of amides is 1. The van der Waals surface area contributed by atoms with Gasteiger partial charge in [0.2, 0.25) is 0 Å². The van der Waals surface area contributed by atoms with Crippen LogP contribution in [0.4, 0.5) is 11.4 Å². The molecule has 0 unspecified atom stereocenters. The van der Waals surface area contributed by atoms with Gasteiger partial charge in [0.1, 0.15) is 0 Å². The predicted octanol–water partition coefficient (Wildman–Crippen LogP) is 4.96. The number of nitrogens with one attached hydrogen (secondary N) is 1. The van der Waals surface area contributed by atoms with Crippen LogP contribution in [0.3, 0.4) is 0 Å². The second-order valence-corrected chi connectivity index (χ2v) is 6.65. The van der Waals surface area contributed by atoms with Crippen LogP contribution in [0.25, 0.3) is 0 Å². The summed E-state index contributed by atoms with van der Waals surface area (Å²) in [5.41, 5.74) is 2.39. The van der Waals surface area contributed by atoms with Gasteiger partial charge in [-0.3, -0.25) is 4.79 Å². The van der Waals surface area contributed by atoms with Crippen LogP contribution < -0.4 is 10.2 Å². The largest absolute Gasteiger partial charge is 0.371 e. The molecule has 2 aromatic carbocycles. The van der Waals surface area contributed by atoms with Crippen molar-refractivity contribution in [1.82, 2.24) is 0 Å². The molecular weight excluding hydrogens is 364 g/mol. The van der Waals surface area contributed by atoms with Crippen molar-refractivity contribution in [1.29, 1.82) is 0 Å². The molecule has 0 bridgehead atoms. The fraction of sp³-hybridized carbons (Fsp3) is 0.235. The van der Waals surface area contributed by atoms with Gasteiger partial charge in [-0.2, -0.15) is 0 Å². The normalized spacial score (nSPS) is 14.2. The van der Waals surface area contributed by atoms with Gasteiger partial charge in [0.25, 0.3) is 5.91 Å². The maximum absolute atomic E-state index is 12.4. The minimum Gasteiger partial charge on any atom is -0.371 e. The van der Waals surface area contributed by atoms with Crippen LogP contribution in [-0.4, -0.2) is 19.0 Å². The molecule has 0 atom stereocenters. The number of nitrogens with zero attached hydrogens (tertiary/aromatic N) is 1. The van der Waals surface area contributed by atoms with Gasteiger partial charge in [-0.05, 0) is 49.2 Å². The lowest BCUT2D eigenvalue weighted by Gasteiger charge is -2.18. The van der Waals surface area contributed by atoms with Crippen LogP contribution in [0, 0.1) is 0 Å². The van der Waals surface area contributed by atoms with E-state index in [9.17, 15) is 4.79 Å². The number of carbonyl (C=O) groups excluding carboxylic acids is 1. The lowest BCUT2D eigenvalue weighted by Crippen LogP contribution is -2.18. The lowest BCUT2D eigenvalue weighted by molar-refractivity contribution is 0.102. The Kier molecular flexibility index (Phi) is 4.69. The molecule has 1 amide bonds. The van der Waals surface area contributed by atoms with Crippen molar-refractivity contribution >= 4 is 44.8 Å². The first-order chi connectivity index (χ1) is 10.6. The molecular formula is C17H16BrClN2O. The lowest BCUT2D eigenvalue weighted by atomic mass is 10.2. The van der Waals surface area contributed by atoms with Crippen LogP contribution in [0.2, 0.25) is 5.02 Å². The predicted molar refractivity (Wildman–Crippen MR) is 95.0 cm³/mol. The van der Waals surface area contributed by atoms with Crippen molar-refractivity contribution in [2.24, 2.45) is 0 Å². The van der Waals surface area contributed by atoms with Gasteiger partial charge in [0.05, 0.1) is 10.6 Å². The number of benzene rings is 2. The Morgan fingerprint density at radius 3 is 2.68 bits per heavy atom. The number of halogens is 2. The van der Waals surface area contributed by atoms with E-state index in [0.717, 1.165) is 28.9 Å². The van der Waals surface area contributed by atoms with E-state index in [4.69, 9.17) is 11.6 Å². The maximum Gasteiger partial charge on any atom is 0.257 e. The summed E-state index contributed by atoms with van der Waals surface area (Å²) >= 11 is 9.46. The van der Waals surface area contributed by atoms with E-state index in [2.05, 4.69) is 32.2 Å². The topological polar surface area (TPSA) is 32.3 Å². The highest BCUT2D eigenvalue weighted by Gasteiger charge is 2.14. The summed E-state index contributed by atoms with van der Waals surface area (Å²) in [6, 6.07) is 13.2. The Morgan fingerprint density at radius 2 is 1.91 bits per heavy atom. The maximum atomic E-state index is 12.4. The first-order valence-corrected chi connectivity index (χ1v) is 8.42. The van der Waals surface area contributed by atoms with E-state index in [1.807, 2.05) is 24.3 Å². The highest BCUT2D eigenvalue weighted by atomic mass is 79.9. The number of hydrogen-bond donors (Lipinski definition) is 1. The van der Waals surface area contributed by atoms with E-state index in [1.165, 1.54) is 12.8 Å². The van der Waals surface area contributed by atoms with Crippen molar-refractivity contribution in [3.8, 4) is 0 Å².